The van der Waals surface area contributed by atoms with Crippen LogP contribution in [0.15, 0.2) is 35.7 Å². The van der Waals surface area contributed by atoms with E-state index in [9.17, 15) is 17.6 Å². The average Bonchev–Trinajstić information content (AvgIpc) is 2.13. The normalized spacial score (nSPS) is 29.6. The zero-order valence-corrected chi connectivity index (χ0v) is 6.95. The smallest absolute Gasteiger partial charge is 0.164 e. The van der Waals surface area contributed by atoms with Gasteiger partial charge in [-0.15, -0.1) is 6.58 Å². The summed E-state index contributed by atoms with van der Waals surface area (Å²) < 4.78 is 51.6. The molecule has 0 amide bonds. The van der Waals surface area contributed by atoms with Gasteiger partial charge in [-0.05, 0) is 6.92 Å². The summed E-state index contributed by atoms with van der Waals surface area (Å²) in [4.78, 5) is 0. The van der Waals surface area contributed by atoms with E-state index in [2.05, 4.69) is 6.58 Å². The van der Waals surface area contributed by atoms with Gasteiger partial charge in [0, 0.05) is 5.57 Å². The van der Waals surface area contributed by atoms with Gasteiger partial charge in [0.2, 0.25) is 0 Å². The van der Waals surface area contributed by atoms with Crippen molar-refractivity contribution in [3.63, 3.8) is 0 Å². The summed E-state index contributed by atoms with van der Waals surface area (Å²) >= 11 is 0. The van der Waals surface area contributed by atoms with Crippen LogP contribution in [-0.2, 0) is 0 Å². The summed E-state index contributed by atoms with van der Waals surface area (Å²) in [7, 11) is 0. The lowest BCUT2D eigenvalue weighted by Gasteiger charge is -2.21. The molecule has 13 heavy (non-hydrogen) atoms. The zero-order chi connectivity index (χ0) is 10.2. The Morgan fingerprint density at radius 1 is 1.23 bits per heavy atom. The van der Waals surface area contributed by atoms with E-state index in [0.717, 1.165) is 13.0 Å². The van der Waals surface area contributed by atoms with Gasteiger partial charge in [0.25, 0.3) is 0 Å². The van der Waals surface area contributed by atoms with Crippen LogP contribution < -0.4 is 0 Å². The maximum atomic E-state index is 13.0. The van der Waals surface area contributed by atoms with Gasteiger partial charge >= 0.3 is 0 Å². The molecule has 0 aromatic carbocycles. The SMILES string of the molecule is C=CC1C(F)=C(F)C(C)=C(F)C1F. The summed E-state index contributed by atoms with van der Waals surface area (Å²) in [6.07, 6.45) is -1.30. The van der Waals surface area contributed by atoms with Gasteiger partial charge in [-0.2, -0.15) is 0 Å². The summed E-state index contributed by atoms with van der Waals surface area (Å²) in [6.45, 7) is 4.11. The second-order valence-electron chi connectivity index (χ2n) is 2.80. The molecule has 72 valence electrons. The molecule has 0 nitrogen and oxygen atoms in total. The lowest BCUT2D eigenvalue weighted by Crippen LogP contribution is -2.21. The fraction of sp³-hybridized carbons (Fsp3) is 0.333. The molecule has 0 aromatic heterocycles. The summed E-state index contributed by atoms with van der Waals surface area (Å²) in [5, 5.41) is 0. The van der Waals surface area contributed by atoms with Crippen LogP contribution in [0.4, 0.5) is 17.6 Å². The van der Waals surface area contributed by atoms with Gasteiger partial charge in [-0.25, -0.2) is 17.6 Å². The van der Waals surface area contributed by atoms with Gasteiger partial charge in [0.1, 0.15) is 11.7 Å². The molecule has 0 aliphatic heterocycles. The van der Waals surface area contributed by atoms with E-state index in [-0.39, 0.29) is 0 Å². The standard InChI is InChI=1S/C9H8F4/c1-3-5-8(12)6(10)4(2)7(11)9(5)13/h3,5,8H,1H2,2H3. The third kappa shape index (κ3) is 1.41. The fourth-order valence-corrected chi connectivity index (χ4v) is 1.15. The van der Waals surface area contributed by atoms with Crippen molar-refractivity contribution in [2.45, 2.75) is 13.1 Å². The van der Waals surface area contributed by atoms with E-state index in [1.807, 2.05) is 0 Å². The summed E-state index contributed by atoms with van der Waals surface area (Å²) in [5.41, 5.74) is -0.608. The minimum Gasteiger partial charge on any atom is -0.239 e. The Kier molecular flexibility index (Phi) is 2.59. The zero-order valence-electron chi connectivity index (χ0n) is 6.95. The van der Waals surface area contributed by atoms with Crippen molar-refractivity contribution >= 4 is 0 Å². The molecule has 0 fully saturated rings. The van der Waals surface area contributed by atoms with Crippen molar-refractivity contribution in [2.24, 2.45) is 5.92 Å². The van der Waals surface area contributed by atoms with Crippen LogP contribution >= 0.6 is 0 Å². The van der Waals surface area contributed by atoms with Crippen LogP contribution in [0.1, 0.15) is 6.92 Å². The molecule has 4 heteroatoms. The molecular formula is C9H8F4. The summed E-state index contributed by atoms with van der Waals surface area (Å²) in [6, 6.07) is 0. The minimum absolute atomic E-state index is 0.608. The van der Waals surface area contributed by atoms with E-state index in [1.165, 1.54) is 0 Å². The van der Waals surface area contributed by atoms with Crippen molar-refractivity contribution in [1.29, 1.82) is 0 Å². The molecule has 0 aromatic rings. The molecule has 1 aliphatic rings. The van der Waals surface area contributed by atoms with E-state index >= 15 is 0 Å². The van der Waals surface area contributed by atoms with Crippen LogP contribution in [-0.4, -0.2) is 6.17 Å². The predicted octanol–water partition coefficient (Wildman–Crippen LogP) is 3.53. The predicted molar refractivity (Wildman–Crippen MR) is 41.6 cm³/mol. The van der Waals surface area contributed by atoms with Gasteiger partial charge in [-0.3, -0.25) is 0 Å². The first-order valence-electron chi connectivity index (χ1n) is 3.69. The highest BCUT2D eigenvalue weighted by molar-refractivity contribution is 5.38. The largest absolute Gasteiger partial charge is 0.239 e. The van der Waals surface area contributed by atoms with E-state index < -0.39 is 35.1 Å². The molecule has 0 N–H and O–H groups in total. The van der Waals surface area contributed by atoms with Crippen LogP contribution in [0.2, 0.25) is 0 Å². The van der Waals surface area contributed by atoms with Crippen molar-refractivity contribution in [2.75, 3.05) is 0 Å². The molecular weight excluding hydrogens is 184 g/mol. The maximum Gasteiger partial charge on any atom is 0.164 e. The number of hydrogen-bond acceptors (Lipinski definition) is 0. The molecule has 0 heterocycles. The maximum absolute atomic E-state index is 13.0. The molecule has 1 rings (SSSR count). The van der Waals surface area contributed by atoms with Gasteiger partial charge < -0.3 is 0 Å². The van der Waals surface area contributed by atoms with Crippen LogP contribution in [0.3, 0.4) is 0 Å². The molecule has 0 saturated carbocycles. The Balaban J connectivity index is 3.22. The van der Waals surface area contributed by atoms with Crippen molar-refractivity contribution in [1.82, 2.24) is 0 Å². The van der Waals surface area contributed by atoms with E-state index in [4.69, 9.17) is 0 Å². The third-order valence-electron chi connectivity index (χ3n) is 2.00. The lowest BCUT2D eigenvalue weighted by molar-refractivity contribution is 0.245. The Morgan fingerprint density at radius 2 is 1.77 bits per heavy atom. The minimum atomic E-state index is -2.16. The highest BCUT2D eigenvalue weighted by atomic mass is 19.2. The number of allylic oxidation sites excluding steroid dienone is 5. The van der Waals surface area contributed by atoms with Crippen molar-refractivity contribution < 1.29 is 17.6 Å². The molecule has 2 unspecified atom stereocenters. The quantitative estimate of drug-likeness (QED) is 0.440. The second-order valence-corrected chi connectivity index (χ2v) is 2.80. The lowest BCUT2D eigenvalue weighted by atomic mass is 9.92. The molecule has 2 atom stereocenters. The topological polar surface area (TPSA) is 0 Å². The van der Waals surface area contributed by atoms with Crippen LogP contribution in [0.5, 0.6) is 0 Å². The van der Waals surface area contributed by atoms with Gasteiger partial charge in [0.05, 0.1) is 5.92 Å². The van der Waals surface area contributed by atoms with Crippen LogP contribution in [0.25, 0.3) is 0 Å². The highest BCUT2D eigenvalue weighted by Crippen LogP contribution is 2.38. The van der Waals surface area contributed by atoms with Crippen molar-refractivity contribution in [3.8, 4) is 0 Å². The van der Waals surface area contributed by atoms with Gasteiger partial charge in [-0.1, -0.05) is 6.08 Å². The number of halogens is 4. The molecule has 0 bridgehead atoms. The second kappa shape index (κ2) is 3.36. The first kappa shape index (κ1) is 10.0. The number of hydrogen-bond donors (Lipinski definition) is 0. The average molecular weight is 192 g/mol. The van der Waals surface area contributed by atoms with Crippen molar-refractivity contribution in [3.05, 3.63) is 35.7 Å². The third-order valence-corrected chi connectivity index (χ3v) is 2.00. The first-order chi connectivity index (χ1) is 6.00. The molecule has 0 spiro atoms. The molecule has 1 aliphatic carbocycles. The molecule has 0 saturated heterocycles. The Morgan fingerprint density at radius 3 is 2.23 bits per heavy atom. The number of rotatable bonds is 1. The van der Waals surface area contributed by atoms with E-state index in [0.29, 0.717) is 0 Å². The first-order valence-corrected chi connectivity index (χ1v) is 3.69. The molecule has 0 radical (unpaired) electrons. The monoisotopic (exact) mass is 192 g/mol. The highest BCUT2D eigenvalue weighted by Gasteiger charge is 2.36. The fourth-order valence-electron chi connectivity index (χ4n) is 1.15. The van der Waals surface area contributed by atoms with Crippen LogP contribution in [0, 0.1) is 5.92 Å². The Labute approximate surface area is 73.2 Å². The Bertz CT molecular complexity index is 301. The van der Waals surface area contributed by atoms with Gasteiger partial charge in [0.15, 0.2) is 12.0 Å². The van der Waals surface area contributed by atoms with E-state index in [1.54, 1.807) is 0 Å². The number of alkyl halides is 1. The summed E-state index contributed by atoms with van der Waals surface area (Å²) in [5.74, 6) is -5.41. The Hall–Kier alpha value is -1.06.